The number of rotatable bonds is 3. The van der Waals surface area contributed by atoms with E-state index in [0.29, 0.717) is 29.6 Å². The van der Waals surface area contributed by atoms with Gasteiger partial charge in [-0.15, -0.1) is 0 Å². The number of fused-ring (bicyclic) bond motifs is 2. The van der Waals surface area contributed by atoms with E-state index in [1.54, 1.807) is 6.20 Å². The molecule has 0 N–H and O–H groups in total. The minimum atomic E-state index is -4.36. The fourth-order valence-electron chi connectivity index (χ4n) is 4.18. The van der Waals surface area contributed by atoms with Crippen molar-refractivity contribution in [1.82, 2.24) is 19.9 Å². The van der Waals surface area contributed by atoms with Crippen molar-refractivity contribution in [2.24, 2.45) is 0 Å². The molecule has 5 rings (SSSR count). The van der Waals surface area contributed by atoms with Crippen molar-refractivity contribution in [3.63, 3.8) is 0 Å². The molecule has 0 radical (unpaired) electrons. The third kappa shape index (κ3) is 4.43. The zero-order valence-corrected chi connectivity index (χ0v) is 18.6. The first kappa shape index (κ1) is 21.8. The van der Waals surface area contributed by atoms with Crippen molar-refractivity contribution < 1.29 is 13.2 Å². The minimum Gasteiger partial charge on any atom is -0.294 e. The van der Waals surface area contributed by atoms with Gasteiger partial charge >= 0.3 is 6.18 Å². The van der Waals surface area contributed by atoms with Gasteiger partial charge in [-0.05, 0) is 30.7 Å². The average molecular weight is 469 g/mol. The molecule has 168 valence electrons. The molecule has 0 saturated carbocycles. The second kappa shape index (κ2) is 8.39. The van der Waals surface area contributed by atoms with Gasteiger partial charge in [0.2, 0.25) is 0 Å². The van der Waals surface area contributed by atoms with Gasteiger partial charge in [0.25, 0.3) is 0 Å². The Bertz CT molecular complexity index is 1340. The van der Waals surface area contributed by atoms with Crippen LogP contribution in [0.4, 0.5) is 13.2 Å². The van der Waals surface area contributed by atoms with Crippen LogP contribution in [0.25, 0.3) is 22.3 Å². The predicted molar refractivity (Wildman–Crippen MR) is 122 cm³/mol. The van der Waals surface area contributed by atoms with Gasteiger partial charge in [0, 0.05) is 54.3 Å². The molecule has 0 aliphatic carbocycles. The van der Waals surface area contributed by atoms with Crippen molar-refractivity contribution >= 4 is 22.5 Å². The number of benzene rings is 2. The van der Waals surface area contributed by atoms with Crippen molar-refractivity contribution in [3.05, 3.63) is 87.8 Å². The fourth-order valence-corrected chi connectivity index (χ4v) is 4.38. The number of alkyl halides is 3. The standard InChI is InChI=1S/C25H20ClF3N4/c1-15-3-2-4-17-11-18(23(26)32-22(15)17)13-33-10-9-21-19(14-33)12-30-24(31-21)16-5-7-20(8-6-16)25(27,28)29/h2-8,11-12H,9-10,13-14H2,1H3. The molecule has 0 unspecified atom stereocenters. The number of pyridine rings is 1. The third-order valence-electron chi connectivity index (χ3n) is 5.95. The van der Waals surface area contributed by atoms with E-state index in [4.69, 9.17) is 11.6 Å². The highest BCUT2D eigenvalue weighted by molar-refractivity contribution is 6.30. The van der Waals surface area contributed by atoms with Crippen molar-refractivity contribution in [1.29, 1.82) is 0 Å². The Balaban J connectivity index is 1.34. The maximum atomic E-state index is 12.8. The fraction of sp³-hybridized carbons (Fsp3) is 0.240. The maximum absolute atomic E-state index is 12.8. The first-order valence-electron chi connectivity index (χ1n) is 10.6. The number of aromatic nitrogens is 3. The van der Waals surface area contributed by atoms with E-state index in [0.717, 1.165) is 58.4 Å². The highest BCUT2D eigenvalue weighted by Crippen LogP contribution is 2.31. The molecule has 0 bridgehead atoms. The lowest BCUT2D eigenvalue weighted by Crippen LogP contribution is -2.31. The lowest BCUT2D eigenvalue weighted by Gasteiger charge is -2.28. The van der Waals surface area contributed by atoms with Gasteiger partial charge in [-0.25, -0.2) is 15.0 Å². The molecule has 0 amide bonds. The van der Waals surface area contributed by atoms with E-state index < -0.39 is 11.7 Å². The van der Waals surface area contributed by atoms with Crippen LogP contribution in [-0.4, -0.2) is 26.4 Å². The molecule has 4 aromatic rings. The molecule has 8 heteroatoms. The summed E-state index contributed by atoms with van der Waals surface area (Å²) in [4.78, 5) is 15.9. The predicted octanol–water partition coefficient (Wildman–Crippen LogP) is 6.23. The van der Waals surface area contributed by atoms with Gasteiger partial charge in [-0.3, -0.25) is 4.90 Å². The molecule has 1 aliphatic rings. The van der Waals surface area contributed by atoms with E-state index in [1.165, 1.54) is 12.1 Å². The number of hydrogen-bond acceptors (Lipinski definition) is 4. The van der Waals surface area contributed by atoms with Gasteiger partial charge in [0.15, 0.2) is 5.82 Å². The molecule has 3 heterocycles. The van der Waals surface area contributed by atoms with Crippen LogP contribution in [0, 0.1) is 6.92 Å². The van der Waals surface area contributed by atoms with Crippen molar-refractivity contribution in [3.8, 4) is 11.4 Å². The van der Waals surface area contributed by atoms with Gasteiger partial charge < -0.3 is 0 Å². The summed E-state index contributed by atoms with van der Waals surface area (Å²) in [6, 6.07) is 13.1. The normalized spacial score (nSPS) is 14.5. The summed E-state index contributed by atoms with van der Waals surface area (Å²) in [6.45, 7) is 4.14. The second-order valence-electron chi connectivity index (χ2n) is 8.29. The Kier molecular flexibility index (Phi) is 5.54. The first-order valence-corrected chi connectivity index (χ1v) is 11.0. The molecule has 33 heavy (non-hydrogen) atoms. The number of halogens is 4. The van der Waals surface area contributed by atoms with Gasteiger partial charge in [0.1, 0.15) is 5.15 Å². The summed E-state index contributed by atoms with van der Waals surface area (Å²) >= 11 is 6.49. The summed E-state index contributed by atoms with van der Waals surface area (Å²) < 4.78 is 38.4. The summed E-state index contributed by atoms with van der Waals surface area (Å²) in [6.07, 6.45) is -1.87. The SMILES string of the molecule is Cc1cccc2cc(CN3CCc4nc(-c5ccc(C(F)(F)F)cc5)ncc4C3)c(Cl)nc12. The average Bonchev–Trinajstić information content (AvgIpc) is 2.79. The lowest BCUT2D eigenvalue weighted by atomic mass is 10.0. The van der Waals surface area contributed by atoms with Crippen LogP contribution in [-0.2, 0) is 25.7 Å². The highest BCUT2D eigenvalue weighted by Gasteiger charge is 2.30. The number of nitrogens with zero attached hydrogens (tertiary/aromatic N) is 4. The molecule has 1 aliphatic heterocycles. The molecular formula is C25H20ClF3N4. The van der Waals surface area contributed by atoms with Crippen LogP contribution in [0.3, 0.4) is 0 Å². The number of para-hydroxylation sites is 1. The molecule has 0 spiro atoms. The molecule has 2 aromatic heterocycles. The molecular weight excluding hydrogens is 449 g/mol. The summed E-state index contributed by atoms with van der Waals surface area (Å²) in [5.41, 5.74) is 4.80. The Hall–Kier alpha value is -3.03. The van der Waals surface area contributed by atoms with E-state index in [1.807, 2.05) is 25.1 Å². The van der Waals surface area contributed by atoms with Gasteiger partial charge in [-0.1, -0.05) is 41.9 Å². The molecule has 0 saturated heterocycles. The van der Waals surface area contributed by atoms with E-state index >= 15 is 0 Å². The molecule has 0 fully saturated rings. The number of hydrogen-bond donors (Lipinski definition) is 0. The summed E-state index contributed by atoms with van der Waals surface area (Å²) in [5, 5.41) is 1.58. The Morgan fingerprint density at radius 1 is 1.06 bits per heavy atom. The Morgan fingerprint density at radius 2 is 1.85 bits per heavy atom. The summed E-state index contributed by atoms with van der Waals surface area (Å²) in [5.74, 6) is 0.438. The lowest BCUT2D eigenvalue weighted by molar-refractivity contribution is -0.137. The molecule has 4 nitrogen and oxygen atoms in total. The van der Waals surface area contributed by atoms with Crippen molar-refractivity contribution in [2.45, 2.75) is 32.6 Å². The van der Waals surface area contributed by atoms with Gasteiger partial charge in [0.05, 0.1) is 16.8 Å². The topological polar surface area (TPSA) is 41.9 Å². The first-order chi connectivity index (χ1) is 15.8. The van der Waals surface area contributed by atoms with E-state index in [9.17, 15) is 13.2 Å². The highest BCUT2D eigenvalue weighted by atomic mass is 35.5. The van der Waals surface area contributed by atoms with Crippen LogP contribution in [0.2, 0.25) is 5.15 Å². The second-order valence-corrected chi connectivity index (χ2v) is 8.64. The van der Waals surface area contributed by atoms with Crippen molar-refractivity contribution in [2.75, 3.05) is 6.54 Å². The Labute approximate surface area is 194 Å². The quantitative estimate of drug-likeness (QED) is 0.334. The van der Waals surface area contributed by atoms with Crippen LogP contribution < -0.4 is 0 Å². The van der Waals surface area contributed by atoms with Crippen LogP contribution in [0.15, 0.2) is 54.7 Å². The van der Waals surface area contributed by atoms with Crippen LogP contribution in [0.1, 0.15) is 27.9 Å². The van der Waals surface area contributed by atoms with Crippen LogP contribution in [0.5, 0.6) is 0 Å². The zero-order valence-electron chi connectivity index (χ0n) is 17.8. The third-order valence-corrected chi connectivity index (χ3v) is 6.28. The smallest absolute Gasteiger partial charge is 0.294 e. The monoisotopic (exact) mass is 468 g/mol. The molecule has 2 aromatic carbocycles. The zero-order chi connectivity index (χ0) is 23.2. The largest absolute Gasteiger partial charge is 0.416 e. The number of aryl methyl sites for hydroxylation is 1. The van der Waals surface area contributed by atoms with E-state index in [2.05, 4.69) is 25.9 Å². The Morgan fingerprint density at radius 3 is 2.61 bits per heavy atom. The maximum Gasteiger partial charge on any atom is 0.416 e. The van der Waals surface area contributed by atoms with Gasteiger partial charge in [-0.2, -0.15) is 13.2 Å². The van der Waals surface area contributed by atoms with E-state index in [-0.39, 0.29) is 0 Å². The van der Waals surface area contributed by atoms with Crippen LogP contribution >= 0.6 is 11.6 Å². The molecule has 0 atom stereocenters. The minimum absolute atomic E-state index is 0.438. The summed E-state index contributed by atoms with van der Waals surface area (Å²) in [7, 11) is 0.